The lowest BCUT2D eigenvalue weighted by Gasteiger charge is -2.41. The normalized spacial score (nSPS) is 28.0. The number of hydrogen-bond donors (Lipinski definition) is 1. The largest absolute Gasteiger partial charge is 0.389 e. The molecule has 1 atom stereocenters. The molecule has 0 aromatic heterocycles. The van der Waals surface area contributed by atoms with Gasteiger partial charge in [-0.05, 0) is 31.9 Å². The van der Waals surface area contributed by atoms with Gasteiger partial charge >= 0.3 is 0 Å². The average Bonchev–Trinajstić information content (AvgIpc) is 2.19. The Morgan fingerprint density at radius 3 is 2.71 bits per heavy atom. The molecule has 3 heteroatoms. The van der Waals surface area contributed by atoms with Crippen LogP contribution in [-0.2, 0) is 11.2 Å². The molecule has 0 bridgehead atoms. The van der Waals surface area contributed by atoms with Crippen LogP contribution in [0.2, 0.25) is 0 Å². The van der Waals surface area contributed by atoms with Crippen LogP contribution in [-0.4, -0.2) is 22.9 Å². The molecule has 0 saturated carbocycles. The van der Waals surface area contributed by atoms with Crippen LogP contribution in [0, 0.1) is 5.82 Å². The quantitative estimate of drug-likeness (QED) is 0.858. The predicted molar refractivity (Wildman–Crippen MR) is 64.3 cm³/mol. The van der Waals surface area contributed by atoms with Crippen molar-refractivity contribution in [3.8, 4) is 0 Å². The van der Waals surface area contributed by atoms with Gasteiger partial charge in [0.15, 0.2) is 0 Å². The molecule has 1 fully saturated rings. The minimum atomic E-state index is -0.857. The van der Waals surface area contributed by atoms with Crippen molar-refractivity contribution in [2.75, 3.05) is 6.61 Å². The molecule has 1 heterocycles. The summed E-state index contributed by atoms with van der Waals surface area (Å²) in [5.74, 6) is -0.245. The fourth-order valence-corrected chi connectivity index (χ4v) is 2.60. The Morgan fingerprint density at radius 2 is 2.06 bits per heavy atom. The lowest BCUT2D eigenvalue weighted by atomic mass is 9.80. The van der Waals surface area contributed by atoms with Crippen LogP contribution in [0.3, 0.4) is 0 Å². The Labute approximate surface area is 101 Å². The van der Waals surface area contributed by atoms with E-state index in [4.69, 9.17) is 4.74 Å². The molecule has 0 amide bonds. The Bertz CT molecular complexity index is 403. The molecule has 0 aliphatic carbocycles. The molecule has 0 radical (unpaired) electrons. The van der Waals surface area contributed by atoms with E-state index in [1.54, 1.807) is 18.2 Å². The first-order valence-corrected chi connectivity index (χ1v) is 6.00. The highest BCUT2D eigenvalue weighted by Crippen LogP contribution is 2.34. The van der Waals surface area contributed by atoms with Crippen molar-refractivity contribution in [2.24, 2.45) is 0 Å². The van der Waals surface area contributed by atoms with E-state index in [1.807, 2.05) is 13.8 Å². The van der Waals surface area contributed by atoms with Crippen LogP contribution in [0.25, 0.3) is 0 Å². The molecule has 2 nitrogen and oxygen atoms in total. The van der Waals surface area contributed by atoms with Gasteiger partial charge < -0.3 is 9.84 Å². The number of hydrogen-bond acceptors (Lipinski definition) is 2. The summed E-state index contributed by atoms with van der Waals surface area (Å²) in [6.07, 6.45) is 1.45. The monoisotopic (exact) mass is 238 g/mol. The van der Waals surface area contributed by atoms with Gasteiger partial charge in [0.25, 0.3) is 0 Å². The van der Waals surface area contributed by atoms with Crippen molar-refractivity contribution in [1.82, 2.24) is 0 Å². The molecule has 1 aliphatic heterocycles. The SMILES string of the molecule is CC1(C)CC(O)(Cc2ccccc2F)CCO1. The lowest BCUT2D eigenvalue weighted by Crippen LogP contribution is -2.47. The highest BCUT2D eigenvalue weighted by molar-refractivity contribution is 5.20. The van der Waals surface area contributed by atoms with Gasteiger partial charge in [-0.3, -0.25) is 0 Å². The van der Waals surface area contributed by atoms with Crippen molar-refractivity contribution in [2.45, 2.75) is 44.3 Å². The molecule has 94 valence electrons. The van der Waals surface area contributed by atoms with Crippen molar-refractivity contribution in [3.63, 3.8) is 0 Å². The Kier molecular flexibility index (Phi) is 3.23. The molecule has 0 spiro atoms. The number of ether oxygens (including phenoxy) is 1. The van der Waals surface area contributed by atoms with Gasteiger partial charge in [-0.25, -0.2) is 4.39 Å². The van der Waals surface area contributed by atoms with Crippen LogP contribution < -0.4 is 0 Å². The highest BCUT2D eigenvalue weighted by Gasteiger charge is 2.39. The maximum absolute atomic E-state index is 13.6. The van der Waals surface area contributed by atoms with Crippen molar-refractivity contribution in [1.29, 1.82) is 0 Å². The van der Waals surface area contributed by atoms with E-state index in [-0.39, 0.29) is 11.4 Å². The highest BCUT2D eigenvalue weighted by atomic mass is 19.1. The summed E-state index contributed by atoms with van der Waals surface area (Å²) in [6.45, 7) is 4.44. The summed E-state index contributed by atoms with van der Waals surface area (Å²) >= 11 is 0. The summed E-state index contributed by atoms with van der Waals surface area (Å²) in [5, 5.41) is 10.5. The fourth-order valence-electron chi connectivity index (χ4n) is 2.60. The number of rotatable bonds is 2. The average molecular weight is 238 g/mol. The summed E-state index contributed by atoms with van der Waals surface area (Å²) in [6, 6.07) is 6.63. The zero-order chi connectivity index (χ0) is 12.5. The first-order chi connectivity index (χ1) is 7.90. The smallest absolute Gasteiger partial charge is 0.126 e. The van der Waals surface area contributed by atoms with E-state index < -0.39 is 5.60 Å². The van der Waals surface area contributed by atoms with Crippen molar-refractivity contribution in [3.05, 3.63) is 35.6 Å². The predicted octanol–water partition coefficient (Wildman–Crippen LogP) is 2.69. The number of aliphatic hydroxyl groups is 1. The van der Waals surface area contributed by atoms with Crippen LogP contribution in [0.15, 0.2) is 24.3 Å². The van der Waals surface area contributed by atoms with E-state index in [1.165, 1.54) is 6.07 Å². The molecule has 1 saturated heterocycles. The molecule has 1 aliphatic rings. The molecule has 1 aromatic rings. The zero-order valence-corrected chi connectivity index (χ0v) is 10.4. The molecule has 1 N–H and O–H groups in total. The molecular weight excluding hydrogens is 219 g/mol. The molecule has 2 rings (SSSR count). The van der Waals surface area contributed by atoms with Gasteiger partial charge in [0, 0.05) is 12.8 Å². The molecular formula is C14H19FO2. The number of benzene rings is 1. The topological polar surface area (TPSA) is 29.5 Å². The second-order valence-corrected chi connectivity index (χ2v) is 5.53. The second kappa shape index (κ2) is 4.39. The van der Waals surface area contributed by atoms with Gasteiger partial charge in [-0.15, -0.1) is 0 Å². The Morgan fingerprint density at radius 1 is 1.35 bits per heavy atom. The van der Waals surface area contributed by atoms with Crippen LogP contribution in [0.1, 0.15) is 32.3 Å². The van der Waals surface area contributed by atoms with Gasteiger partial charge in [0.05, 0.1) is 17.8 Å². The number of halogens is 1. The van der Waals surface area contributed by atoms with Gasteiger partial charge in [-0.1, -0.05) is 18.2 Å². The van der Waals surface area contributed by atoms with E-state index >= 15 is 0 Å². The Balaban J connectivity index is 2.15. The van der Waals surface area contributed by atoms with E-state index in [0.29, 0.717) is 31.4 Å². The second-order valence-electron chi connectivity index (χ2n) is 5.53. The Hall–Kier alpha value is -0.930. The third kappa shape index (κ3) is 3.05. The van der Waals surface area contributed by atoms with Crippen molar-refractivity contribution < 1.29 is 14.2 Å². The third-order valence-electron chi connectivity index (χ3n) is 3.29. The molecule has 1 aromatic carbocycles. The maximum atomic E-state index is 13.6. The third-order valence-corrected chi connectivity index (χ3v) is 3.29. The van der Waals surface area contributed by atoms with Gasteiger partial charge in [-0.2, -0.15) is 0 Å². The minimum Gasteiger partial charge on any atom is -0.389 e. The zero-order valence-electron chi connectivity index (χ0n) is 10.4. The fraction of sp³-hybridized carbons (Fsp3) is 0.571. The first-order valence-electron chi connectivity index (χ1n) is 6.00. The van der Waals surface area contributed by atoms with E-state index in [0.717, 1.165) is 0 Å². The summed E-state index contributed by atoms with van der Waals surface area (Å²) in [4.78, 5) is 0. The summed E-state index contributed by atoms with van der Waals surface area (Å²) in [5.41, 5.74) is -0.616. The summed E-state index contributed by atoms with van der Waals surface area (Å²) < 4.78 is 19.1. The summed E-state index contributed by atoms with van der Waals surface area (Å²) in [7, 11) is 0. The van der Waals surface area contributed by atoms with E-state index in [2.05, 4.69) is 0 Å². The lowest BCUT2D eigenvalue weighted by molar-refractivity contribution is -0.143. The standard InChI is InChI=1S/C14H19FO2/c1-13(2)10-14(16,7-8-17-13)9-11-5-3-4-6-12(11)15/h3-6,16H,7-10H2,1-2H3. The van der Waals surface area contributed by atoms with Crippen LogP contribution in [0.4, 0.5) is 4.39 Å². The first kappa shape index (κ1) is 12.5. The molecule has 17 heavy (non-hydrogen) atoms. The van der Waals surface area contributed by atoms with Gasteiger partial charge in [0.2, 0.25) is 0 Å². The minimum absolute atomic E-state index is 0.245. The molecule has 1 unspecified atom stereocenters. The maximum Gasteiger partial charge on any atom is 0.126 e. The van der Waals surface area contributed by atoms with Gasteiger partial charge in [0.1, 0.15) is 5.82 Å². The van der Waals surface area contributed by atoms with Crippen molar-refractivity contribution >= 4 is 0 Å². The van der Waals surface area contributed by atoms with Crippen LogP contribution >= 0.6 is 0 Å². The van der Waals surface area contributed by atoms with E-state index in [9.17, 15) is 9.50 Å². The van der Waals surface area contributed by atoms with Crippen LogP contribution in [0.5, 0.6) is 0 Å².